The first kappa shape index (κ1) is 15.1. The molecule has 5 heteroatoms. The van der Waals surface area contributed by atoms with Crippen molar-refractivity contribution in [3.8, 4) is 17.0 Å². The number of hydrogen-bond donors (Lipinski definition) is 1. The van der Waals surface area contributed by atoms with Crippen molar-refractivity contribution in [3.05, 3.63) is 40.7 Å². The molecule has 0 saturated heterocycles. The van der Waals surface area contributed by atoms with Gasteiger partial charge in [-0.2, -0.15) is 5.10 Å². The molecule has 21 heavy (non-hydrogen) atoms. The Kier molecular flexibility index (Phi) is 4.62. The molecule has 0 bridgehead atoms. The van der Waals surface area contributed by atoms with Crippen LogP contribution >= 0.6 is 0 Å². The highest BCUT2D eigenvalue weighted by molar-refractivity contribution is 5.68. The number of hydrogen-bond acceptors (Lipinski definition) is 4. The zero-order valence-electron chi connectivity index (χ0n) is 12.7. The molecule has 1 aromatic carbocycles. The summed E-state index contributed by atoms with van der Waals surface area (Å²) in [4.78, 5) is 11.8. The number of nitrogens with two attached hydrogens (primary N) is 1. The lowest BCUT2D eigenvalue weighted by Crippen LogP contribution is -2.25. The predicted octanol–water partition coefficient (Wildman–Crippen LogP) is 2.55. The van der Waals surface area contributed by atoms with Crippen molar-refractivity contribution < 1.29 is 4.74 Å². The molecule has 0 radical (unpaired) electrons. The highest BCUT2D eigenvalue weighted by Gasteiger charge is 2.11. The topological polar surface area (TPSA) is 70.1 Å². The van der Waals surface area contributed by atoms with Crippen LogP contribution in [0, 0.1) is 5.92 Å². The summed E-state index contributed by atoms with van der Waals surface area (Å²) < 4.78 is 7.19. The van der Waals surface area contributed by atoms with Gasteiger partial charge in [0.15, 0.2) is 0 Å². The second-order valence-corrected chi connectivity index (χ2v) is 5.31. The summed E-state index contributed by atoms with van der Waals surface area (Å²) in [5, 5.41) is 4.35. The number of aromatic nitrogens is 2. The third-order valence-corrected chi connectivity index (χ3v) is 3.04. The van der Waals surface area contributed by atoms with Gasteiger partial charge in [0, 0.05) is 12.1 Å². The Morgan fingerprint density at radius 3 is 2.71 bits per heavy atom. The smallest absolute Gasteiger partial charge is 0.289 e. The van der Waals surface area contributed by atoms with Crippen molar-refractivity contribution in [2.75, 3.05) is 12.3 Å². The molecule has 2 N–H and O–H groups in total. The number of aryl methyl sites for hydroxylation is 1. The Morgan fingerprint density at radius 2 is 2.05 bits per heavy atom. The van der Waals surface area contributed by atoms with E-state index in [4.69, 9.17) is 10.5 Å². The number of benzene rings is 1. The number of ether oxygens (including phenoxy) is 1. The van der Waals surface area contributed by atoms with E-state index < -0.39 is 0 Å². The molecule has 2 rings (SSSR count). The minimum Gasteiger partial charge on any atom is -0.493 e. The van der Waals surface area contributed by atoms with Crippen LogP contribution in [0.2, 0.25) is 0 Å². The minimum atomic E-state index is -0.262. The summed E-state index contributed by atoms with van der Waals surface area (Å²) in [6.07, 6.45) is 0. The Hall–Kier alpha value is -2.30. The number of nitrogens with zero attached hydrogens (tertiary/aromatic N) is 2. The number of rotatable bonds is 5. The SMILES string of the molecule is CCn1nc(-c2ccccc2OCC(C)C)cc(N)c1=O. The van der Waals surface area contributed by atoms with Gasteiger partial charge in [0.05, 0.1) is 12.3 Å². The van der Waals surface area contributed by atoms with E-state index in [1.807, 2.05) is 31.2 Å². The van der Waals surface area contributed by atoms with Gasteiger partial charge in [-0.15, -0.1) is 0 Å². The first-order valence-corrected chi connectivity index (χ1v) is 7.12. The second-order valence-electron chi connectivity index (χ2n) is 5.31. The predicted molar refractivity (Wildman–Crippen MR) is 84.4 cm³/mol. The quantitative estimate of drug-likeness (QED) is 0.917. The lowest BCUT2D eigenvalue weighted by atomic mass is 10.1. The highest BCUT2D eigenvalue weighted by Crippen LogP contribution is 2.28. The van der Waals surface area contributed by atoms with E-state index in [1.54, 1.807) is 6.07 Å². The molecule has 0 fully saturated rings. The van der Waals surface area contributed by atoms with E-state index in [0.717, 1.165) is 11.3 Å². The minimum absolute atomic E-state index is 0.195. The molecule has 0 amide bonds. The van der Waals surface area contributed by atoms with E-state index in [2.05, 4.69) is 18.9 Å². The summed E-state index contributed by atoms with van der Waals surface area (Å²) in [5.74, 6) is 1.18. The van der Waals surface area contributed by atoms with Crippen LogP contribution in [0.4, 0.5) is 5.69 Å². The third-order valence-electron chi connectivity index (χ3n) is 3.04. The fraction of sp³-hybridized carbons (Fsp3) is 0.375. The van der Waals surface area contributed by atoms with Gasteiger partial charge in [0.1, 0.15) is 11.4 Å². The summed E-state index contributed by atoms with van der Waals surface area (Å²) in [7, 11) is 0. The van der Waals surface area contributed by atoms with Gasteiger partial charge in [0.25, 0.3) is 5.56 Å². The fourth-order valence-electron chi connectivity index (χ4n) is 1.97. The van der Waals surface area contributed by atoms with Gasteiger partial charge in [-0.1, -0.05) is 26.0 Å². The van der Waals surface area contributed by atoms with Gasteiger partial charge < -0.3 is 10.5 Å². The molecule has 112 valence electrons. The first-order chi connectivity index (χ1) is 10.0. The molecule has 0 aliphatic carbocycles. The summed E-state index contributed by atoms with van der Waals surface area (Å²) >= 11 is 0. The van der Waals surface area contributed by atoms with Crippen molar-refractivity contribution in [1.82, 2.24) is 9.78 Å². The molecule has 1 heterocycles. The van der Waals surface area contributed by atoms with Crippen molar-refractivity contribution in [3.63, 3.8) is 0 Å². The van der Waals surface area contributed by atoms with E-state index in [-0.39, 0.29) is 11.2 Å². The lowest BCUT2D eigenvalue weighted by Gasteiger charge is -2.13. The molecule has 0 saturated carbocycles. The molecule has 0 atom stereocenters. The van der Waals surface area contributed by atoms with Crippen molar-refractivity contribution >= 4 is 5.69 Å². The molecule has 1 aromatic heterocycles. The van der Waals surface area contributed by atoms with E-state index in [0.29, 0.717) is 24.8 Å². The Bertz CT molecular complexity index is 677. The zero-order chi connectivity index (χ0) is 15.4. The van der Waals surface area contributed by atoms with E-state index >= 15 is 0 Å². The largest absolute Gasteiger partial charge is 0.493 e. The molecular weight excluding hydrogens is 266 g/mol. The average molecular weight is 287 g/mol. The lowest BCUT2D eigenvalue weighted by molar-refractivity contribution is 0.272. The van der Waals surface area contributed by atoms with Crippen LogP contribution in [-0.2, 0) is 6.54 Å². The van der Waals surface area contributed by atoms with Crippen molar-refractivity contribution in [2.24, 2.45) is 5.92 Å². The molecular formula is C16H21N3O2. The summed E-state index contributed by atoms with van der Waals surface area (Å²) in [5.41, 5.74) is 7.21. The highest BCUT2D eigenvalue weighted by atomic mass is 16.5. The van der Waals surface area contributed by atoms with Gasteiger partial charge in [0.2, 0.25) is 0 Å². The maximum atomic E-state index is 11.8. The average Bonchev–Trinajstić information content (AvgIpc) is 2.48. The van der Waals surface area contributed by atoms with Crippen LogP contribution in [0.5, 0.6) is 5.75 Å². The Labute approximate surface area is 124 Å². The first-order valence-electron chi connectivity index (χ1n) is 7.12. The molecule has 5 nitrogen and oxygen atoms in total. The molecule has 0 aliphatic rings. The molecule has 0 unspecified atom stereocenters. The van der Waals surface area contributed by atoms with Gasteiger partial charge in [-0.25, -0.2) is 4.68 Å². The van der Waals surface area contributed by atoms with Gasteiger partial charge in [-0.05, 0) is 31.0 Å². The van der Waals surface area contributed by atoms with Crippen molar-refractivity contribution in [1.29, 1.82) is 0 Å². The number of para-hydroxylation sites is 1. The third kappa shape index (κ3) is 3.42. The van der Waals surface area contributed by atoms with Gasteiger partial charge >= 0.3 is 0 Å². The van der Waals surface area contributed by atoms with E-state index in [1.165, 1.54) is 4.68 Å². The van der Waals surface area contributed by atoms with Crippen LogP contribution in [0.25, 0.3) is 11.3 Å². The maximum absolute atomic E-state index is 11.8. The number of nitrogen functional groups attached to an aromatic ring is 1. The number of anilines is 1. The molecule has 2 aromatic rings. The summed E-state index contributed by atoms with van der Waals surface area (Å²) in [6.45, 7) is 7.15. The molecule has 0 aliphatic heterocycles. The fourth-order valence-corrected chi connectivity index (χ4v) is 1.97. The van der Waals surface area contributed by atoms with Crippen LogP contribution in [0.3, 0.4) is 0 Å². The Morgan fingerprint density at radius 1 is 1.33 bits per heavy atom. The second kappa shape index (κ2) is 6.43. The zero-order valence-corrected chi connectivity index (χ0v) is 12.7. The Balaban J connectivity index is 2.47. The monoisotopic (exact) mass is 287 g/mol. The van der Waals surface area contributed by atoms with Crippen LogP contribution < -0.4 is 16.0 Å². The standard InChI is InChI=1S/C16H21N3O2/c1-4-19-16(20)13(17)9-14(18-19)12-7-5-6-8-15(12)21-10-11(2)3/h5-9,11H,4,10,17H2,1-3H3. The maximum Gasteiger partial charge on any atom is 0.289 e. The van der Waals surface area contributed by atoms with Crippen LogP contribution in [-0.4, -0.2) is 16.4 Å². The molecule has 0 spiro atoms. The normalized spacial score (nSPS) is 10.9. The van der Waals surface area contributed by atoms with Gasteiger partial charge in [-0.3, -0.25) is 4.79 Å². The summed E-state index contributed by atoms with van der Waals surface area (Å²) in [6, 6.07) is 9.25. The van der Waals surface area contributed by atoms with Crippen LogP contribution in [0.1, 0.15) is 20.8 Å². The van der Waals surface area contributed by atoms with Crippen molar-refractivity contribution in [2.45, 2.75) is 27.3 Å². The van der Waals surface area contributed by atoms with Crippen LogP contribution in [0.15, 0.2) is 35.1 Å². The van der Waals surface area contributed by atoms with E-state index in [9.17, 15) is 4.79 Å².